The maximum absolute atomic E-state index is 13.9. The molecule has 1 unspecified atom stereocenters. The first-order chi connectivity index (χ1) is 12.0. The van der Waals surface area contributed by atoms with Crippen LogP contribution in [0.1, 0.15) is 57.7 Å². The van der Waals surface area contributed by atoms with Crippen molar-refractivity contribution in [1.82, 2.24) is 9.29 Å². The minimum absolute atomic E-state index is 0.129. The van der Waals surface area contributed by atoms with Gasteiger partial charge in [0.1, 0.15) is 4.75 Å². The second kappa shape index (κ2) is 7.04. The van der Waals surface area contributed by atoms with Crippen LogP contribution in [0.4, 0.5) is 13.2 Å². The number of halogens is 4. The molecule has 1 saturated carbocycles. The lowest BCUT2D eigenvalue weighted by Crippen LogP contribution is -2.45. The Hall–Kier alpha value is -0.700. The fourth-order valence-electron chi connectivity index (χ4n) is 3.04. The predicted molar refractivity (Wildman–Crippen MR) is 102 cm³/mol. The Morgan fingerprint density at radius 2 is 1.92 bits per heavy atom. The van der Waals surface area contributed by atoms with Crippen LogP contribution in [0.15, 0.2) is 28.9 Å². The van der Waals surface area contributed by atoms with Gasteiger partial charge in [-0.1, -0.05) is 22.0 Å². The standard InChI is InChI=1S/C18H22BrF3N2OS/c1-17(2,3)26(25)23-16(18(20,21)22)14-10-24(12-5-4-6-12)15-9-11(19)7-8-13(14)15/h7-10,12,16,23H,4-6H2,1-3H3/t16-,26?/m0/s1. The quantitative estimate of drug-likeness (QED) is 0.599. The highest BCUT2D eigenvalue weighted by molar-refractivity contribution is 9.10. The molecule has 144 valence electrons. The normalized spacial score (nSPS) is 18.8. The molecule has 8 heteroatoms. The number of benzene rings is 1. The second-order valence-electron chi connectivity index (χ2n) is 7.71. The van der Waals surface area contributed by atoms with Gasteiger partial charge in [-0.15, -0.1) is 4.72 Å². The Kier molecular flexibility index (Phi) is 5.42. The van der Waals surface area contributed by atoms with Gasteiger partial charge in [0.25, 0.3) is 0 Å². The van der Waals surface area contributed by atoms with Gasteiger partial charge in [0.05, 0.1) is 0 Å². The van der Waals surface area contributed by atoms with Crippen LogP contribution < -0.4 is 4.72 Å². The van der Waals surface area contributed by atoms with Crippen molar-refractivity contribution in [3.05, 3.63) is 34.4 Å². The zero-order valence-corrected chi connectivity index (χ0v) is 17.3. The van der Waals surface area contributed by atoms with E-state index in [0.29, 0.717) is 5.39 Å². The van der Waals surface area contributed by atoms with E-state index in [1.807, 2.05) is 10.6 Å². The molecule has 1 aliphatic rings. The first kappa shape index (κ1) is 20.0. The summed E-state index contributed by atoms with van der Waals surface area (Å²) in [5, 5.41) is 0.542. The van der Waals surface area contributed by atoms with E-state index >= 15 is 0 Å². The summed E-state index contributed by atoms with van der Waals surface area (Å²) in [7, 11) is 0. The van der Waals surface area contributed by atoms with E-state index in [2.05, 4.69) is 20.7 Å². The number of hydrogen-bond donors (Lipinski definition) is 1. The van der Waals surface area contributed by atoms with Crippen molar-refractivity contribution in [2.75, 3.05) is 0 Å². The summed E-state index contributed by atoms with van der Waals surface area (Å²) >= 11 is 1.57. The molecular weight excluding hydrogens is 429 g/mol. The van der Waals surface area contributed by atoms with Crippen LogP contribution in [0.25, 0.3) is 10.9 Å². The second-order valence-corrected chi connectivity index (χ2v) is 10.6. The van der Waals surface area contributed by atoms with Crippen molar-refractivity contribution in [2.24, 2.45) is 0 Å². The van der Waals surface area contributed by atoms with Crippen molar-refractivity contribution in [1.29, 1.82) is 0 Å². The third-order valence-corrected chi connectivity index (χ3v) is 6.77. The van der Waals surface area contributed by atoms with E-state index in [1.165, 1.54) is 0 Å². The zero-order valence-electron chi connectivity index (χ0n) is 14.9. The molecule has 3 nitrogen and oxygen atoms in total. The molecule has 2 atom stereocenters. The largest absolute Gasteiger partial charge is 0.598 e. The topological polar surface area (TPSA) is 40.0 Å². The molecule has 1 heterocycles. The third-order valence-electron chi connectivity index (χ3n) is 4.71. The highest BCUT2D eigenvalue weighted by Crippen LogP contribution is 2.42. The summed E-state index contributed by atoms with van der Waals surface area (Å²) in [5.74, 6) is 0. The van der Waals surface area contributed by atoms with Crippen molar-refractivity contribution in [2.45, 2.75) is 63.0 Å². The first-order valence-electron chi connectivity index (χ1n) is 8.53. The van der Waals surface area contributed by atoms with Gasteiger partial charge in [0.2, 0.25) is 0 Å². The predicted octanol–water partition coefficient (Wildman–Crippen LogP) is 5.78. The molecule has 0 spiro atoms. The lowest BCUT2D eigenvalue weighted by Gasteiger charge is -2.29. The number of rotatable bonds is 4. The number of fused-ring (bicyclic) bond motifs is 1. The minimum atomic E-state index is -4.55. The van der Waals surface area contributed by atoms with Gasteiger partial charge in [-0.25, -0.2) is 0 Å². The Morgan fingerprint density at radius 1 is 1.27 bits per heavy atom. The van der Waals surface area contributed by atoms with Crippen LogP contribution in [0.2, 0.25) is 0 Å². The maximum atomic E-state index is 13.9. The Morgan fingerprint density at radius 3 is 2.42 bits per heavy atom. The minimum Gasteiger partial charge on any atom is -0.598 e. The lowest BCUT2D eigenvalue weighted by atomic mass is 9.93. The fraction of sp³-hybridized carbons (Fsp3) is 0.556. The summed E-state index contributed by atoms with van der Waals surface area (Å²) in [6.07, 6.45) is 0.0584. The SMILES string of the molecule is CC(C)(C)[S+]([O-])N[C@@H](c1cn(C2CCC2)c2cc(Br)ccc12)C(F)(F)F. The summed E-state index contributed by atoms with van der Waals surface area (Å²) in [5.41, 5.74) is 0.904. The molecule has 0 amide bonds. The monoisotopic (exact) mass is 450 g/mol. The summed E-state index contributed by atoms with van der Waals surface area (Å²) in [4.78, 5) is 0. The molecule has 3 rings (SSSR count). The van der Waals surface area contributed by atoms with Crippen molar-refractivity contribution < 1.29 is 17.7 Å². The average Bonchev–Trinajstić information content (AvgIpc) is 2.78. The van der Waals surface area contributed by atoms with Crippen LogP contribution in [0, 0.1) is 0 Å². The molecule has 1 N–H and O–H groups in total. The number of aromatic nitrogens is 1. The Bertz CT molecular complexity index is 796. The first-order valence-corrected chi connectivity index (χ1v) is 10.5. The smallest absolute Gasteiger partial charge is 0.412 e. The molecule has 1 aromatic heterocycles. The van der Waals surface area contributed by atoms with E-state index in [9.17, 15) is 17.7 Å². The summed E-state index contributed by atoms with van der Waals surface area (Å²) < 4.78 is 58.2. The van der Waals surface area contributed by atoms with Crippen LogP contribution in [-0.4, -0.2) is 20.0 Å². The van der Waals surface area contributed by atoms with E-state index in [-0.39, 0.29) is 11.6 Å². The zero-order chi connectivity index (χ0) is 19.3. The molecular formula is C18H22BrF3N2OS. The maximum Gasteiger partial charge on any atom is 0.412 e. The van der Waals surface area contributed by atoms with Crippen LogP contribution in [0.3, 0.4) is 0 Å². The number of nitrogens with zero attached hydrogens (tertiary/aromatic N) is 1. The molecule has 0 aliphatic heterocycles. The molecule has 0 saturated heterocycles. The molecule has 0 bridgehead atoms. The molecule has 1 aromatic carbocycles. The number of alkyl halides is 3. The van der Waals surface area contributed by atoms with Crippen LogP contribution >= 0.6 is 15.9 Å². The van der Waals surface area contributed by atoms with Crippen molar-refractivity contribution >= 4 is 38.2 Å². The highest BCUT2D eigenvalue weighted by Gasteiger charge is 2.47. The van der Waals surface area contributed by atoms with Gasteiger partial charge in [-0.05, 0) is 52.2 Å². The molecule has 1 fully saturated rings. The van der Waals surface area contributed by atoms with Crippen LogP contribution in [-0.2, 0) is 11.4 Å². The van der Waals surface area contributed by atoms with Gasteiger partial charge in [0, 0.05) is 44.5 Å². The van der Waals surface area contributed by atoms with Crippen molar-refractivity contribution in [3.63, 3.8) is 0 Å². The lowest BCUT2D eigenvalue weighted by molar-refractivity contribution is -0.152. The van der Waals surface area contributed by atoms with Gasteiger partial charge >= 0.3 is 6.18 Å². The molecule has 1 aliphatic carbocycles. The van der Waals surface area contributed by atoms with Crippen molar-refractivity contribution in [3.8, 4) is 0 Å². The van der Waals surface area contributed by atoms with E-state index in [4.69, 9.17) is 0 Å². The van der Waals surface area contributed by atoms with Gasteiger partial charge in [-0.3, -0.25) is 0 Å². The van der Waals surface area contributed by atoms with E-state index < -0.39 is 28.3 Å². The van der Waals surface area contributed by atoms with Gasteiger partial charge < -0.3 is 9.12 Å². The molecule has 2 aromatic rings. The Labute approximate surface area is 162 Å². The highest BCUT2D eigenvalue weighted by atomic mass is 79.9. The molecule has 26 heavy (non-hydrogen) atoms. The summed E-state index contributed by atoms with van der Waals surface area (Å²) in [6, 6.07) is 3.54. The number of hydrogen-bond acceptors (Lipinski definition) is 2. The third kappa shape index (κ3) is 3.93. The summed E-state index contributed by atoms with van der Waals surface area (Å²) in [6.45, 7) is 4.95. The van der Waals surface area contributed by atoms with Crippen LogP contribution in [0.5, 0.6) is 0 Å². The van der Waals surface area contributed by atoms with Gasteiger partial charge in [0.15, 0.2) is 6.04 Å². The molecule has 0 radical (unpaired) electrons. The van der Waals surface area contributed by atoms with E-state index in [1.54, 1.807) is 39.1 Å². The Balaban J connectivity index is 2.10. The fourth-order valence-corrected chi connectivity index (χ4v) is 4.22. The van der Waals surface area contributed by atoms with E-state index in [0.717, 1.165) is 29.3 Å². The van der Waals surface area contributed by atoms with Gasteiger partial charge in [-0.2, -0.15) is 13.2 Å². The number of nitrogens with one attached hydrogen (secondary N) is 1. The average molecular weight is 451 g/mol.